The van der Waals surface area contributed by atoms with Gasteiger partial charge in [-0.15, -0.1) is 0 Å². The molecule has 3 N–H and O–H groups in total. The van der Waals surface area contributed by atoms with Crippen molar-refractivity contribution in [3.8, 4) is 5.75 Å². The van der Waals surface area contributed by atoms with E-state index in [0.29, 0.717) is 13.2 Å². The van der Waals surface area contributed by atoms with E-state index in [1.165, 1.54) is 0 Å². The first-order valence-corrected chi connectivity index (χ1v) is 7.86. The number of benzene rings is 2. The summed E-state index contributed by atoms with van der Waals surface area (Å²) in [4.78, 5) is 9.00. The smallest absolute Gasteiger partial charge is 0.300 e. The zero-order valence-electron chi connectivity index (χ0n) is 13.5. The van der Waals surface area contributed by atoms with Crippen LogP contribution in [0.1, 0.15) is 18.1 Å². The summed E-state index contributed by atoms with van der Waals surface area (Å²) in [6.07, 6.45) is 0. The van der Waals surface area contributed by atoms with Crippen molar-refractivity contribution in [3.63, 3.8) is 0 Å². The first kappa shape index (κ1) is 20.0. The van der Waals surface area contributed by atoms with E-state index in [1.807, 2.05) is 48.5 Å². The third-order valence-corrected chi connectivity index (χ3v) is 3.11. The first-order valence-electron chi connectivity index (χ1n) is 7.48. The molecular formula is C18H22ClNO4. The predicted molar refractivity (Wildman–Crippen MR) is 94.3 cm³/mol. The molecule has 0 aromatic heterocycles. The van der Waals surface area contributed by atoms with Gasteiger partial charge in [-0.1, -0.05) is 35.9 Å². The Morgan fingerprint density at radius 3 is 2.17 bits per heavy atom. The van der Waals surface area contributed by atoms with Gasteiger partial charge in [0, 0.05) is 25.0 Å². The fourth-order valence-electron chi connectivity index (χ4n) is 1.76. The largest absolute Gasteiger partial charge is 0.489 e. The molecule has 0 aliphatic rings. The molecule has 0 aliphatic carbocycles. The molecule has 0 amide bonds. The molecule has 24 heavy (non-hydrogen) atoms. The summed E-state index contributed by atoms with van der Waals surface area (Å²) in [6.45, 7) is 3.12. The van der Waals surface area contributed by atoms with Crippen molar-refractivity contribution in [1.29, 1.82) is 0 Å². The first-order chi connectivity index (χ1) is 11.5. The average molecular weight is 352 g/mol. The third kappa shape index (κ3) is 9.15. The normalized spacial score (nSPS) is 9.79. The Bertz CT molecular complexity index is 595. The molecule has 5 nitrogen and oxygen atoms in total. The Morgan fingerprint density at radius 2 is 1.62 bits per heavy atom. The fourth-order valence-corrected chi connectivity index (χ4v) is 1.89. The van der Waals surface area contributed by atoms with Gasteiger partial charge in [0.2, 0.25) is 0 Å². The summed E-state index contributed by atoms with van der Waals surface area (Å²) in [5.41, 5.74) is 2.25. The molecule has 0 heterocycles. The van der Waals surface area contributed by atoms with Crippen molar-refractivity contribution in [2.24, 2.45) is 0 Å². The van der Waals surface area contributed by atoms with Crippen molar-refractivity contribution in [1.82, 2.24) is 5.32 Å². The number of aliphatic hydroxyl groups excluding tert-OH is 1. The molecule has 0 saturated carbocycles. The Kier molecular flexibility index (Phi) is 9.53. The van der Waals surface area contributed by atoms with Gasteiger partial charge in [0.05, 0.1) is 6.61 Å². The molecule has 2 aromatic carbocycles. The second-order valence-electron chi connectivity index (χ2n) is 4.98. The molecule has 0 radical (unpaired) electrons. The molecule has 0 saturated heterocycles. The van der Waals surface area contributed by atoms with E-state index < -0.39 is 5.97 Å². The van der Waals surface area contributed by atoms with Crippen LogP contribution in [0.3, 0.4) is 0 Å². The maximum absolute atomic E-state index is 9.00. The highest BCUT2D eigenvalue weighted by molar-refractivity contribution is 6.30. The van der Waals surface area contributed by atoms with E-state index in [2.05, 4.69) is 5.32 Å². The topological polar surface area (TPSA) is 78.8 Å². The molecule has 130 valence electrons. The van der Waals surface area contributed by atoms with E-state index in [-0.39, 0.29) is 6.61 Å². The number of carboxylic acid groups (broad SMARTS) is 1. The molecule has 6 heteroatoms. The minimum Gasteiger partial charge on any atom is -0.489 e. The van der Waals surface area contributed by atoms with Crippen molar-refractivity contribution >= 4 is 17.6 Å². The quantitative estimate of drug-likeness (QED) is 0.668. The number of hydrogen-bond acceptors (Lipinski definition) is 4. The SMILES string of the molecule is CC(=O)O.OCCNCc1ccc(OCc2ccc(Cl)cc2)cc1. The lowest BCUT2D eigenvalue weighted by atomic mass is 10.2. The van der Waals surface area contributed by atoms with Gasteiger partial charge in [0.25, 0.3) is 5.97 Å². The maximum atomic E-state index is 9.00. The molecule has 0 bridgehead atoms. The van der Waals surface area contributed by atoms with Crippen molar-refractivity contribution in [2.45, 2.75) is 20.1 Å². The van der Waals surface area contributed by atoms with E-state index in [1.54, 1.807) is 0 Å². The van der Waals surface area contributed by atoms with E-state index in [0.717, 1.165) is 35.4 Å². The summed E-state index contributed by atoms with van der Waals surface area (Å²) in [5.74, 6) is 0.00542. The van der Waals surface area contributed by atoms with Gasteiger partial charge in [0.15, 0.2) is 0 Å². The van der Waals surface area contributed by atoms with Gasteiger partial charge in [-0.05, 0) is 35.4 Å². The standard InChI is InChI=1S/C16H18ClNO2.C2H4O2/c17-15-5-1-14(2-6-15)12-20-16-7-3-13(4-8-16)11-18-9-10-19;1-2(3)4/h1-8,18-19H,9-12H2;1H3,(H,3,4). The summed E-state index contributed by atoms with van der Waals surface area (Å²) in [6, 6.07) is 15.6. The van der Waals surface area contributed by atoms with E-state index >= 15 is 0 Å². The Morgan fingerprint density at radius 1 is 1.08 bits per heavy atom. The van der Waals surface area contributed by atoms with Crippen molar-refractivity contribution < 1.29 is 19.7 Å². The van der Waals surface area contributed by atoms with Crippen molar-refractivity contribution in [2.75, 3.05) is 13.2 Å². The van der Waals surface area contributed by atoms with Gasteiger partial charge >= 0.3 is 0 Å². The van der Waals surface area contributed by atoms with Crippen LogP contribution in [0.15, 0.2) is 48.5 Å². The zero-order valence-corrected chi connectivity index (χ0v) is 14.3. The summed E-state index contributed by atoms with van der Waals surface area (Å²) in [5, 5.41) is 20.0. The highest BCUT2D eigenvalue weighted by Crippen LogP contribution is 2.15. The molecule has 0 spiro atoms. The van der Waals surface area contributed by atoms with Crippen molar-refractivity contribution in [3.05, 3.63) is 64.7 Å². The number of nitrogens with one attached hydrogen (secondary N) is 1. The molecule has 2 rings (SSSR count). The van der Waals surface area contributed by atoms with Gasteiger partial charge in [0.1, 0.15) is 12.4 Å². The lowest BCUT2D eigenvalue weighted by Gasteiger charge is -2.08. The molecule has 0 aliphatic heterocycles. The highest BCUT2D eigenvalue weighted by atomic mass is 35.5. The fraction of sp³-hybridized carbons (Fsp3) is 0.278. The summed E-state index contributed by atoms with van der Waals surface area (Å²) in [7, 11) is 0. The Balaban J connectivity index is 0.000000648. The minimum atomic E-state index is -0.833. The number of hydrogen-bond donors (Lipinski definition) is 3. The number of halogens is 1. The van der Waals surface area contributed by atoms with Crippen LogP contribution in [0.5, 0.6) is 5.75 Å². The van der Waals surface area contributed by atoms with Crippen LogP contribution in [0, 0.1) is 0 Å². The molecule has 0 atom stereocenters. The number of ether oxygens (including phenoxy) is 1. The van der Waals surface area contributed by atoms with Crippen LogP contribution in [-0.4, -0.2) is 29.3 Å². The van der Waals surface area contributed by atoms with Crippen LogP contribution in [0.25, 0.3) is 0 Å². The van der Waals surface area contributed by atoms with Gasteiger partial charge in [-0.3, -0.25) is 4.79 Å². The number of aliphatic carboxylic acids is 1. The number of aliphatic hydroxyl groups is 1. The maximum Gasteiger partial charge on any atom is 0.300 e. The third-order valence-electron chi connectivity index (χ3n) is 2.86. The van der Waals surface area contributed by atoms with E-state index in [9.17, 15) is 0 Å². The van der Waals surface area contributed by atoms with Gasteiger partial charge in [-0.25, -0.2) is 0 Å². The van der Waals surface area contributed by atoms with Crippen LogP contribution in [0.4, 0.5) is 0 Å². The van der Waals surface area contributed by atoms with Gasteiger partial charge < -0.3 is 20.3 Å². The summed E-state index contributed by atoms with van der Waals surface area (Å²) >= 11 is 5.84. The van der Waals surface area contributed by atoms with Crippen LogP contribution in [-0.2, 0) is 17.9 Å². The second kappa shape index (κ2) is 11.5. The van der Waals surface area contributed by atoms with Crippen LogP contribution < -0.4 is 10.1 Å². The average Bonchev–Trinajstić information content (AvgIpc) is 2.55. The molecule has 0 fully saturated rings. The lowest BCUT2D eigenvalue weighted by molar-refractivity contribution is -0.134. The molecular weight excluding hydrogens is 330 g/mol. The minimum absolute atomic E-state index is 0.155. The predicted octanol–water partition coefficient (Wildman–Crippen LogP) is 3.09. The Hall–Kier alpha value is -2.08. The lowest BCUT2D eigenvalue weighted by Crippen LogP contribution is -2.17. The van der Waals surface area contributed by atoms with Crippen LogP contribution >= 0.6 is 11.6 Å². The summed E-state index contributed by atoms with van der Waals surface area (Å²) < 4.78 is 5.71. The zero-order chi connectivity index (χ0) is 17.8. The van der Waals surface area contributed by atoms with Crippen LogP contribution in [0.2, 0.25) is 5.02 Å². The number of carbonyl (C=O) groups is 1. The highest BCUT2D eigenvalue weighted by Gasteiger charge is 1.98. The number of carboxylic acids is 1. The monoisotopic (exact) mass is 351 g/mol. The van der Waals surface area contributed by atoms with E-state index in [4.69, 9.17) is 31.3 Å². The Labute approximate surface area is 146 Å². The molecule has 2 aromatic rings. The number of rotatable bonds is 7. The molecule has 0 unspecified atom stereocenters. The second-order valence-corrected chi connectivity index (χ2v) is 5.41. The van der Waals surface area contributed by atoms with Gasteiger partial charge in [-0.2, -0.15) is 0 Å².